The van der Waals surface area contributed by atoms with Crippen molar-refractivity contribution in [3.63, 3.8) is 0 Å². The number of carbonyl (C=O) groups excluding carboxylic acids is 2. The van der Waals surface area contributed by atoms with Crippen LogP contribution in [0.1, 0.15) is 18.1 Å². The number of nitrogens with zero attached hydrogens (tertiary/aromatic N) is 2. The van der Waals surface area contributed by atoms with E-state index in [1.165, 1.54) is 37.3 Å². The van der Waals surface area contributed by atoms with E-state index >= 15 is 0 Å². The van der Waals surface area contributed by atoms with Crippen molar-refractivity contribution in [2.24, 2.45) is 0 Å². The fourth-order valence-electron chi connectivity index (χ4n) is 4.85. The summed E-state index contributed by atoms with van der Waals surface area (Å²) in [5.41, 5.74) is 1.97. The molecule has 2 amide bonds. The summed E-state index contributed by atoms with van der Waals surface area (Å²) in [7, 11) is -1.40. The molecule has 1 N–H and O–H groups in total. The number of anilines is 1. The van der Waals surface area contributed by atoms with E-state index in [-0.39, 0.29) is 29.5 Å². The summed E-state index contributed by atoms with van der Waals surface area (Å²) >= 11 is 0. The smallest absolute Gasteiger partial charge is 0.264 e. The summed E-state index contributed by atoms with van der Waals surface area (Å²) in [6, 6.07) is 30.5. The number of hydrogen-bond donors (Lipinski definition) is 1. The molecule has 4 aromatic rings. The maximum Gasteiger partial charge on any atom is 0.264 e. The molecule has 1 atom stereocenters. The molecule has 9 nitrogen and oxygen atoms in total. The highest BCUT2D eigenvalue weighted by Gasteiger charge is 2.34. The first kappa shape index (κ1) is 32.1. The zero-order valence-electron chi connectivity index (χ0n) is 25.1. The number of benzene rings is 4. The molecule has 0 saturated carbocycles. The number of hydrogen-bond acceptors (Lipinski definition) is 6. The van der Waals surface area contributed by atoms with E-state index in [1.54, 1.807) is 30.3 Å². The van der Waals surface area contributed by atoms with E-state index in [0.29, 0.717) is 18.0 Å². The van der Waals surface area contributed by atoms with E-state index in [9.17, 15) is 18.0 Å². The van der Waals surface area contributed by atoms with Gasteiger partial charge in [0.05, 0.1) is 24.8 Å². The first-order chi connectivity index (χ1) is 21.3. The van der Waals surface area contributed by atoms with Crippen LogP contribution in [0.2, 0.25) is 0 Å². The lowest BCUT2D eigenvalue weighted by atomic mass is 10.0. The summed E-state index contributed by atoms with van der Waals surface area (Å²) in [6.07, 6.45) is 0.249. The van der Waals surface area contributed by atoms with Crippen molar-refractivity contribution in [2.75, 3.05) is 31.6 Å². The number of likely N-dealkylation sites (N-methyl/N-ethyl adjacent to an activating group) is 1. The second-order valence-corrected chi connectivity index (χ2v) is 11.8. The van der Waals surface area contributed by atoms with Gasteiger partial charge in [0.15, 0.2) is 11.5 Å². The van der Waals surface area contributed by atoms with Crippen LogP contribution in [-0.2, 0) is 32.6 Å². The van der Waals surface area contributed by atoms with Gasteiger partial charge in [-0.25, -0.2) is 8.42 Å². The zero-order valence-corrected chi connectivity index (χ0v) is 25.9. The first-order valence-corrected chi connectivity index (χ1v) is 15.7. The van der Waals surface area contributed by atoms with Crippen LogP contribution in [0.25, 0.3) is 0 Å². The van der Waals surface area contributed by atoms with Crippen LogP contribution in [0.15, 0.2) is 114 Å². The van der Waals surface area contributed by atoms with Gasteiger partial charge in [-0.3, -0.25) is 13.9 Å². The molecule has 44 heavy (non-hydrogen) atoms. The number of nitrogens with one attached hydrogen (secondary N) is 1. The summed E-state index contributed by atoms with van der Waals surface area (Å²) < 4.78 is 40.1. The van der Waals surface area contributed by atoms with Crippen LogP contribution in [0.5, 0.6) is 11.5 Å². The zero-order chi connectivity index (χ0) is 31.5. The Morgan fingerprint density at radius 1 is 0.773 bits per heavy atom. The predicted molar refractivity (Wildman–Crippen MR) is 170 cm³/mol. The average Bonchev–Trinajstić information content (AvgIpc) is 3.06. The van der Waals surface area contributed by atoms with E-state index in [4.69, 9.17) is 9.47 Å². The van der Waals surface area contributed by atoms with Gasteiger partial charge in [-0.15, -0.1) is 0 Å². The van der Waals surface area contributed by atoms with Gasteiger partial charge in [0, 0.05) is 25.6 Å². The van der Waals surface area contributed by atoms with Crippen molar-refractivity contribution < 1.29 is 27.5 Å². The fourth-order valence-corrected chi connectivity index (χ4v) is 6.28. The number of rotatable bonds is 14. The Morgan fingerprint density at radius 3 is 1.91 bits per heavy atom. The molecule has 0 aliphatic carbocycles. The molecular formula is C34H37N3O6S. The number of methoxy groups -OCH3 is 2. The number of carbonyl (C=O) groups is 2. The van der Waals surface area contributed by atoms with Crippen LogP contribution in [-0.4, -0.2) is 58.5 Å². The third kappa shape index (κ3) is 7.76. The summed E-state index contributed by atoms with van der Waals surface area (Å²) in [5, 5.41) is 2.86. The number of para-hydroxylation sites is 1. The van der Waals surface area contributed by atoms with Crippen molar-refractivity contribution >= 4 is 27.5 Å². The van der Waals surface area contributed by atoms with Crippen LogP contribution < -0.4 is 19.1 Å². The van der Waals surface area contributed by atoms with E-state index < -0.39 is 28.5 Å². The lowest BCUT2D eigenvalue weighted by Crippen LogP contribution is -2.53. The van der Waals surface area contributed by atoms with Crippen LogP contribution >= 0.6 is 0 Å². The molecular weight excluding hydrogens is 578 g/mol. The van der Waals surface area contributed by atoms with E-state index in [0.717, 1.165) is 15.4 Å². The first-order valence-electron chi connectivity index (χ1n) is 14.2. The third-order valence-corrected chi connectivity index (χ3v) is 8.85. The predicted octanol–water partition coefficient (Wildman–Crippen LogP) is 4.68. The number of amides is 2. The van der Waals surface area contributed by atoms with Gasteiger partial charge in [-0.1, -0.05) is 78.9 Å². The van der Waals surface area contributed by atoms with Gasteiger partial charge in [0.2, 0.25) is 11.8 Å². The molecule has 10 heteroatoms. The molecule has 0 spiro atoms. The molecule has 0 aliphatic heterocycles. The molecule has 0 aromatic heterocycles. The minimum Gasteiger partial charge on any atom is -0.493 e. The van der Waals surface area contributed by atoms with Crippen molar-refractivity contribution in [3.8, 4) is 11.5 Å². The molecule has 4 aromatic carbocycles. The summed E-state index contributed by atoms with van der Waals surface area (Å²) in [4.78, 5) is 29.3. The third-order valence-electron chi connectivity index (χ3n) is 7.08. The van der Waals surface area contributed by atoms with Crippen molar-refractivity contribution in [1.29, 1.82) is 0 Å². The van der Waals surface area contributed by atoms with Gasteiger partial charge in [0.25, 0.3) is 10.0 Å². The molecule has 0 radical (unpaired) electrons. The molecule has 0 fully saturated rings. The van der Waals surface area contributed by atoms with Crippen molar-refractivity contribution in [1.82, 2.24) is 10.2 Å². The molecule has 4 rings (SSSR count). The number of sulfonamides is 1. The molecule has 0 bridgehead atoms. The second-order valence-electron chi connectivity index (χ2n) is 9.97. The Bertz CT molecular complexity index is 1630. The Hall–Kier alpha value is -4.83. The largest absolute Gasteiger partial charge is 0.493 e. The molecule has 1 unspecified atom stereocenters. The number of ether oxygens (including phenoxy) is 2. The van der Waals surface area contributed by atoms with Crippen LogP contribution in [0.3, 0.4) is 0 Å². The molecule has 0 saturated heterocycles. The summed E-state index contributed by atoms with van der Waals surface area (Å²) in [6.45, 7) is 1.75. The highest BCUT2D eigenvalue weighted by Crippen LogP contribution is 2.32. The average molecular weight is 616 g/mol. The fraction of sp³-hybridized carbons (Fsp3) is 0.235. The lowest BCUT2D eigenvalue weighted by molar-refractivity contribution is -0.140. The van der Waals surface area contributed by atoms with Crippen LogP contribution in [0, 0.1) is 0 Å². The quantitative estimate of drug-likeness (QED) is 0.221. The van der Waals surface area contributed by atoms with Gasteiger partial charge in [-0.05, 0) is 42.3 Å². The maximum atomic E-state index is 14.4. The minimum absolute atomic E-state index is 0.0778. The SMILES string of the molecule is CCNC(=O)C(Cc1ccccc1)N(Cc1ccccc1)C(=O)CN(c1ccccc1)S(=O)(=O)c1ccc(OC)c(OC)c1. The Balaban J connectivity index is 1.78. The van der Waals surface area contributed by atoms with Gasteiger partial charge in [-0.2, -0.15) is 0 Å². The maximum absolute atomic E-state index is 14.4. The topological polar surface area (TPSA) is 105 Å². The second kappa shape index (κ2) is 15.1. The van der Waals surface area contributed by atoms with Crippen molar-refractivity contribution in [2.45, 2.75) is 30.8 Å². The van der Waals surface area contributed by atoms with Crippen molar-refractivity contribution in [3.05, 3.63) is 120 Å². The molecule has 230 valence electrons. The Morgan fingerprint density at radius 2 is 1.34 bits per heavy atom. The Labute approximate surface area is 259 Å². The summed E-state index contributed by atoms with van der Waals surface area (Å²) in [5.74, 6) is -0.255. The van der Waals surface area contributed by atoms with E-state index in [1.807, 2.05) is 67.6 Å². The standard InChI is InChI=1S/C34H37N3O6S/c1-4-35-34(39)30(22-26-14-8-5-9-15-26)36(24-27-16-10-6-11-17-27)33(38)25-37(28-18-12-7-13-19-28)44(40,41)29-20-21-31(42-2)32(23-29)43-3/h5-21,23,30H,4,22,24-25H2,1-3H3,(H,35,39). The minimum atomic E-state index is -4.28. The molecule has 0 aliphatic rings. The highest BCUT2D eigenvalue weighted by atomic mass is 32.2. The van der Waals surface area contributed by atoms with Gasteiger partial charge >= 0.3 is 0 Å². The van der Waals surface area contributed by atoms with Gasteiger partial charge in [0.1, 0.15) is 12.6 Å². The van der Waals surface area contributed by atoms with Gasteiger partial charge < -0.3 is 19.7 Å². The monoisotopic (exact) mass is 615 g/mol. The molecule has 0 heterocycles. The van der Waals surface area contributed by atoms with E-state index in [2.05, 4.69) is 5.32 Å². The lowest BCUT2D eigenvalue weighted by Gasteiger charge is -2.33. The van der Waals surface area contributed by atoms with Crippen LogP contribution in [0.4, 0.5) is 5.69 Å². The normalized spacial score (nSPS) is 11.7. The highest BCUT2D eigenvalue weighted by molar-refractivity contribution is 7.92. The Kier molecular flexibility index (Phi) is 11.0.